The van der Waals surface area contributed by atoms with Gasteiger partial charge in [0.25, 0.3) is 0 Å². The molecule has 0 rings (SSSR count). The Kier molecular flexibility index (Phi) is 9.56. The number of esters is 2. The van der Waals surface area contributed by atoms with Crippen molar-refractivity contribution in [1.82, 2.24) is 0 Å². The lowest BCUT2D eigenvalue weighted by Crippen LogP contribution is -2.14. The summed E-state index contributed by atoms with van der Waals surface area (Å²) >= 11 is 0. The van der Waals surface area contributed by atoms with Crippen molar-refractivity contribution in [2.45, 2.75) is 13.8 Å². The lowest BCUT2D eigenvalue weighted by atomic mass is 10.4. The van der Waals surface area contributed by atoms with E-state index < -0.39 is 22.3 Å². The largest absolute Gasteiger partial charge is 0.459 e. The summed E-state index contributed by atoms with van der Waals surface area (Å²) in [5.74, 6) is -0.979. The second-order valence-electron chi connectivity index (χ2n) is 3.28. The van der Waals surface area contributed by atoms with E-state index in [2.05, 4.69) is 22.6 Å². The number of hydrogen-bond donors (Lipinski definition) is 2. The Morgan fingerprint density at radius 2 is 1.16 bits per heavy atom. The van der Waals surface area contributed by atoms with Gasteiger partial charge in [0, 0.05) is 11.1 Å². The van der Waals surface area contributed by atoms with E-state index in [9.17, 15) is 9.59 Å². The lowest BCUT2D eigenvalue weighted by molar-refractivity contribution is -0.147. The van der Waals surface area contributed by atoms with Gasteiger partial charge in [-0.2, -0.15) is 8.42 Å². The SMILES string of the molecule is C=C(C)C(=O)OCCOC(=O)C(=C)C.O=S(=O)(O)O. The molecule has 0 unspecified atom stereocenters. The van der Waals surface area contributed by atoms with Crippen LogP contribution < -0.4 is 0 Å². The number of carbonyl (C=O) groups is 2. The Balaban J connectivity index is 0. The van der Waals surface area contributed by atoms with Crippen molar-refractivity contribution in [2.24, 2.45) is 0 Å². The molecule has 0 saturated carbocycles. The number of carbonyl (C=O) groups excluding carboxylic acids is 2. The molecule has 0 aliphatic heterocycles. The molecule has 0 aromatic carbocycles. The van der Waals surface area contributed by atoms with Crippen LogP contribution in [0.5, 0.6) is 0 Å². The second kappa shape index (κ2) is 9.25. The molecule has 2 N–H and O–H groups in total. The first kappa shape index (κ1) is 19.6. The summed E-state index contributed by atoms with van der Waals surface area (Å²) in [7, 11) is -4.67. The van der Waals surface area contributed by atoms with Crippen LogP contribution >= 0.6 is 0 Å². The quantitative estimate of drug-likeness (QED) is 0.326. The fraction of sp³-hybridized carbons (Fsp3) is 0.400. The van der Waals surface area contributed by atoms with Crippen molar-refractivity contribution in [3.8, 4) is 0 Å². The van der Waals surface area contributed by atoms with Gasteiger partial charge in [0.15, 0.2) is 0 Å². The molecular formula is C10H16O8S. The van der Waals surface area contributed by atoms with Crippen LogP contribution in [0.2, 0.25) is 0 Å². The summed E-state index contributed by atoms with van der Waals surface area (Å²) in [6.07, 6.45) is 0. The molecular weight excluding hydrogens is 280 g/mol. The maximum absolute atomic E-state index is 10.8. The van der Waals surface area contributed by atoms with E-state index in [4.69, 9.17) is 17.5 Å². The Bertz CT molecular complexity index is 412. The van der Waals surface area contributed by atoms with E-state index in [1.807, 2.05) is 0 Å². The highest BCUT2D eigenvalue weighted by Gasteiger charge is 2.05. The summed E-state index contributed by atoms with van der Waals surface area (Å²) in [6.45, 7) is 9.95. The van der Waals surface area contributed by atoms with Gasteiger partial charge in [-0.3, -0.25) is 9.11 Å². The van der Waals surface area contributed by atoms with Gasteiger partial charge in [0.05, 0.1) is 0 Å². The van der Waals surface area contributed by atoms with E-state index in [1.54, 1.807) is 13.8 Å². The topological polar surface area (TPSA) is 127 Å². The smallest absolute Gasteiger partial charge is 0.394 e. The number of hydrogen-bond acceptors (Lipinski definition) is 6. The summed E-state index contributed by atoms with van der Waals surface area (Å²) in [6, 6.07) is 0. The van der Waals surface area contributed by atoms with Crippen molar-refractivity contribution < 1.29 is 36.6 Å². The minimum atomic E-state index is -4.67. The highest BCUT2D eigenvalue weighted by molar-refractivity contribution is 7.79. The van der Waals surface area contributed by atoms with E-state index in [0.717, 1.165) is 0 Å². The van der Waals surface area contributed by atoms with Gasteiger partial charge in [-0.25, -0.2) is 9.59 Å². The Morgan fingerprint density at radius 3 is 1.32 bits per heavy atom. The zero-order valence-corrected chi connectivity index (χ0v) is 11.4. The van der Waals surface area contributed by atoms with Crippen molar-refractivity contribution >= 4 is 22.3 Å². The van der Waals surface area contributed by atoms with Crippen LogP contribution in [0.4, 0.5) is 0 Å². The normalized spacial score (nSPS) is 9.68. The summed E-state index contributed by atoms with van der Waals surface area (Å²) < 4.78 is 41.0. The van der Waals surface area contributed by atoms with E-state index in [1.165, 1.54) is 0 Å². The maximum atomic E-state index is 10.8. The van der Waals surface area contributed by atoms with Crippen LogP contribution in [0.25, 0.3) is 0 Å². The molecule has 0 radical (unpaired) electrons. The van der Waals surface area contributed by atoms with Crippen LogP contribution in [-0.4, -0.2) is 42.7 Å². The third kappa shape index (κ3) is 18.8. The van der Waals surface area contributed by atoms with Crippen LogP contribution in [0, 0.1) is 0 Å². The Morgan fingerprint density at radius 1 is 0.947 bits per heavy atom. The highest BCUT2D eigenvalue weighted by atomic mass is 32.3. The van der Waals surface area contributed by atoms with Gasteiger partial charge < -0.3 is 9.47 Å². The van der Waals surface area contributed by atoms with Crippen LogP contribution in [0.1, 0.15) is 13.8 Å². The first-order chi connectivity index (χ1) is 8.45. The van der Waals surface area contributed by atoms with Crippen molar-refractivity contribution in [1.29, 1.82) is 0 Å². The monoisotopic (exact) mass is 296 g/mol. The summed E-state index contributed by atoms with van der Waals surface area (Å²) in [5.41, 5.74) is 0.632. The predicted octanol–water partition coefficient (Wildman–Crippen LogP) is 0.572. The molecule has 19 heavy (non-hydrogen) atoms. The third-order valence-corrected chi connectivity index (χ3v) is 1.25. The lowest BCUT2D eigenvalue weighted by Gasteiger charge is -2.05. The van der Waals surface area contributed by atoms with E-state index in [-0.39, 0.29) is 13.2 Å². The minimum Gasteiger partial charge on any atom is -0.459 e. The predicted molar refractivity (Wildman–Crippen MR) is 65.7 cm³/mol. The minimum absolute atomic E-state index is 0.0325. The average molecular weight is 296 g/mol. The zero-order valence-electron chi connectivity index (χ0n) is 10.6. The standard InChI is InChI=1S/C10H14O4.H2O4S/c1-7(2)9(11)13-5-6-14-10(12)8(3)4;1-5(2,3)4/h1,3,5-6H2,2,4H3;(H2,1,2,3,4). The fourth-order valence-corrected chi connectivity index (χ4v) is 0.515. The van der Waals surface area contributed by atoms with Crippen molar-refractivity contribution in [3.05, 3.63) is 24.3 Å². The van der Waals surface area contributed by atoms with E-state index >= 15 is 0 Å². The van der Waals surface area contributed by atoms with Crippen LogP contribution in [-0.2, 0) is 29.5 Å². The first-order valence-corrected chi connectivity index (χ1v) is 6.20. The molecule has 0 aliphatic rings. The average Bonchev–Trinajstić information content (AvgIpc) is 2.20. The summed E-state index contributed by atoms with van der Waals surface area (Å²) in [5, 5.41) is 0. The second-order valence-corrected chi connectivity index (χ2v) is 4.18. The van der Waals surface area contributed by atoms with Crippen molar-refractivity contribution in [3.63, 3.8) is 0 Å². The van der Waals surface area contributed by atoms with Gasteiger partial charge in [0.2, 0.25) is 0 Å². The zero-order chi connectivity index (χ0) is 15.6. The Hall–Kier alpha value is -1.71. The number of ether oxygens (including phenoxy) is 2. The number of rotatable bonds is 5. The van der Waals surface area contributed by atoms with Crippen LogP contribution in [0.15, 0.2) is 24.3 Å². The Labute approximate surface area is 111 Å². The summed E-state index contributed by atoms with van der Waals surface area (Å²) in [4.78, 5) is 21.7. The van der Waals surface area contributed by atoms with Gasteiger partial charge in [-0.15, -0.1) is 0 Å². The molecule has 0 amide bonds. The van der Waals surface area contributed by atoms with Gasteiger partial charge in [0.1, 0.15) is 13.2 Å². The van der Waals surface area contributed by atoms with Gasteiger partial charge in [-0.05, 0) is 13.8 Å². The van der Waals surface area contributed by atoms with Gasteiger partial charge >= 0.3 is 22.3 Å². The molecule has 0 spiro atoms. The first-order valence-electron chi connectivity index (χ1n) is 4.80. The van der Waals surface area contributed by atoms with E-state index in [0.29, 0.717) is 11.1 Å². The molecule has 9 heteroatoms. The third-order valence-electron chi connectivity index (χ3n) is 1.25. The maximum Gasteiger partial charge on any atom is 0.394 e. The van der Waals surface area contributed by atoms with Gasteiger partial charge in [-0.1, -0.05) is 13.2 Å². The molecule has 0 aromatic rings. The molecule has 8 nitrogen and oxygen atoms in total. The molecule has 0 aliphatic carbocycles. The molecule has 0 aromatic heterocycles. The highest BCUT2D eigenvalue weighted by Crippen LogP contribution is 1.94. The molecule has 0 bridgehead atoms. The van der Waals surface area contributed by atoms with Crippen LogP contribution in [0.3, 0.4) is 0 Å². The molecule has 0 heterocycles. The molecule has 0 fully saturated rings. The van der Waals surface area contributed by atoms with Crippen molar-refractivity contribution in [2.75, 3.05) is 13.2 Å². The fourth-order valence-electron chi connectivity index (χ4n) is 0.515. The molecule has 0 atom stereocenters. The molecule has 0 saturated heterocycles. The molecule has 110 valence electrons.